The molecule has 0 radical (unpaired) electrons. The molecule has 0 bridgehead atoms. The minimum Gasteiger partial charge on any atom is -0.505 e. The van der Waals surface area contributed by atoms with Crippen molar-refractivity contribution in [2.45, 2.75) is 25.9 Å². The summed E-state index contributed by atoms with van der Waals surface area (Å²) in [6.45, 7) is 4.04. The predicted octanol–water partition coefficient (Wildman–Crippen LogP) is 4.03. The zero-order chi connectivity index (χ0) is 19.9. The molecule has 148 valence electrons. The van der Waals surface area contributed by atoms with Crippen LogP contribution in [-0.2, 0) is 0 Å². The zero-order valence-electron chi connectivity index (χ0n) is 15.7. The summed E-state index contributed by atoms with van der Waals surface area (Å²) in [6, 6.07) is 9.83. The molecule has 2 aromatic rings. The number of Topliss-reactive ketones (excluding diaryl/α,β-unsaturated/α-hetero) is 1. The van der Waals surface area contributed by atoms with E-state index >= 15 is 0 Å². The molecule has 2 aliphatic rings. The van der Waals surface area contributed by atoms with Crippen molar-refractivity contribution in [3.63, 3.8) is 0 Å². The summed E-state index contributed by atoms with van der Waals surface area (Å²) >= 11 is 0. The number of hydrogen-bond donors (Lipinski definition) is 1. The third kappa shape index (κ3) is 3.74. The van der Waals surface area contributed by atoms with Gasteiger partial charge in [-0.15, -0.1) is 0 Å². The van der Waals surface area contributed by atoms with Crippen LogP contribution in [0.25, 0.3) is 0 Å². The van der Waals surface area contributed by atoms with Gasteiger partial charge in [-0.3, -0.25) is 9.69 Å². The van der Waals surface area contributed by atoms with Gasteiger partial charge in [0.1, 0.15) is 11.6 Å². The first-order valence-corrected chi connectivity index (χ1v) is 9.49. The van der Waals surface area contributed by atoms with Gasteiger partial charge in [0.15, 0.2) is 17.3 Å². The molecular formula is C22H23F2NO3. The first kappa shape index (κ1) is 18.9. The molecule has 0 amide bonds. The van der Waals surface area contributed by atoms with E-state index in [0.717, 1.165) is 32.0 Å². The Balaban J connectivity index is 1.35. The zero-order valence-corrected chi connectivity index (χ0v) is 15.7. The van der Waals surface area contributed by atoms with Gasteiger partial charge in [-0.05, 0) is 66.6 Å². The number of carbonyl (C=O) groups excluding carboxylic acids is 1. The maximum Gasteiger partial charge on any atom is 0.176 e. The number of ketones is 1. The number of fused-ring (bicyclic) bond motifs is 1. The smallest absolute Gasteiger partial charge is 0.176 e. The van der Waals surface area contributed by atoms with Gasteiger partial charge in [0.25, 0.3) is 0 Å². The van der Waals surface area contributed by atoms with E-state index in [1.807, 2.05) is 0 Å². The van der Waals surface area contributed by atoms with Crippen molar-refractivity contribution in [2.24, 2.45) is 11.3 Å². The molecule has 2 aromatic carbocycles. The van der Waals surface area contributed by atoms with E-state index in [9.17, 15) is 18.7 Å². The Morgan fingerprint density at radius 1 is 1.25 bits per heavy atom. The first-order valence-electron chi connectivity index (χ1n) is 9.49. The number of carbonyl (C=O) groups is 1. The summed E-state index contributed by atoms with van der Waals surface area (Å²) in [4.78, 5) is 14.6. The van der Waals surface area contributed by atoms with Gasteiger partial charge in [0, 0.05) is 18.7 Å². The van der Waals surface area contributed by atoms with Crippen LogP contribution >= 0.6 is 0 Å². The number of phenolic OH excluding ortho intramolecular Hbond substituents is 1. The van der Waals surface area contributed by atoms with E-state index in [1.54, 1.807) is 12.1 Å². The van der Waals surface area contributed by atoms with Crippen molar-refractivity contribution >= 4 is 5.78 Å². The molecule has 1 aliphatic heterocycles. The second-order valence-corrected chi connectivity index (χ2v) is 8.24. The molecule has 1 N–H and O–H groups in total. The van der Waals surface area contributed by atoms with Crippen LogP contribution in [0.4, 0.5) is 8.78 Å². The van der Waals surface area contributed by atoms with E-state index in [1.165, 1.54) is 24.3 Å². The number of ether oxygens (including phenoxy) is 1. The molecule has 6 heteroatoms. The van der Waals surface area contributed by atoms with E-state index in [4.69, 9.17) is 4.74 Å². The molecule has 4 rings (SSSR count). The molecule has 28 heavy (non-hydrogen) atoms. The Hall–Kier alpha value is -2.47. The maximum atomic E-state index is 13.5. The van der Waals surface area contributed by atoms with Crippen LogP contribution in [0.2, 0.25) is 0 Å². The standard InChI is InChI=1S/C22H23F2NO3/c1-22-10-18(28-17-5-3-16(23)4-6-17)9-15(22)11-25(13-22)12-21(27)14-2-7-20(26)19(24)8-14/h2-8,15,18,26H,9-13H2,1H3/t15-,18-,22+/m0/s1. The lowest BCUT2D eigenvalue weighted by molar-refractivity contribution is 0.0930. The van der Waals surface area contributed by atoms with Crippen molar-refractivity contribution in [3.05, 3.63) is 59.7 Å². The summed E-state index contributed by atoms with van der Waals surface area (Å²) in [7, 11) is 0. The van der Waals surface area contributed by atoms with Crippen molar-refractivity contribution in [2.75, 3.05) is 19.6 Å². The van der Waals surface area contributed by atoms with Gasteiger partial charge in [-0.1, -0.05) is 6.92 Å². The minimum absolute atomic E-state index is 0.0607. The van der Waals surface area contributed by atoms with Crippen molar-refractivity contribution in [1.82, 2.24) is 4.90 Å². The van der Waals surface area contributed by atoms with Gasteiger partial charge in [0.05, 0.1) is 12.6 Å². The van der Waals surface area contributed by atoms with Crippen LogP contribution in [0, 0.1) is 23.0 Å². The third-order valence-electron chi connectivity index (χ3n) is 6.04. The summed E-state index contributed by atoms with van der Waals surface area (Å²) in [5.74, 6) is -0.569. The van der Waals surface area contributed by atoms with Gasteiger partial charge in [-0.25, -0.2) is 8.78 Å². The van der Waals surface area contributed by atoms with E-state index in [0.29, 0.717) is 11.7 Å². The van der Waals surface area contributed by atoms with Crippen LogP contribution in [-0.4, -0.2) is 41.5 Å². The largest absolute Gasteiger partial charge is 0.505 e. The number of likely N-dealkylation sites (tertiary alicyclic amines) is 1. The molecule has 2 fully saturated rings. The Kier molecular flexibility index (Phi) is 4.83. The lowest BCUT2D eigenvalue weighted by atomic mass is 9.83. The number of hydrogen-bond acceptors (Lipinski definition) is 4. The minimum atomic E-state index is -0.781. The molecule has 4 nitrogen and oxygen atoms in total. The van der Waals surface area contributed by atoms with Crippen LogP contribution in [0.5, 0.6) is 11.5 Å². The molecule has 0 aromatic heterocycles. The summed E-state index contributed by atoms with van der Waals surface area (Å²) in [5.41, 5.74) is 0.334. The average Bonchev–Trinajstić information content (AvgIpc) is 3.09. The Morgan fingerprint density at radius 3 is 2.68 bits per heavy atom. The lowest BCUT2D eigenvalue weighted by Gasteiger charge is -2.24. The maximum absolute atomic E-state index is 13.5. The number of aromatic hydroxyl groups is 1. The molecule has 1 saturated heterocycles. The van der Waals surface area contributed by atoms with Crippen molar-refractivity contribution in [1.29, 1.82) is 0 Å². The molecule has 3 atom stereocenters. The van der Waals surface area contributed by atoms with Gasteiger partial charge < -0.3 is 9.84 Å². The topological polar surface area (TPSA) is 49.8 Å². The van der Waals surface area contributed by atoms with Crippen molar-refractivity contribution in [3.8, 4) is 11.5 Å². The molecular weight excluding hydrogens is 364 g/mol. The second kappa shape index (κ2) is 7.17. The summed E-state index contributed by atoms with van der Waals surface area (Å²) in [5, 5.41) is 9.27. The fraction of sp³-hybridized carbons (Fsp3) is 0.409. The fourth-order valence-electron chi connectivity index (χ4n) is 4.64. The highest BCUT2D eigenvalue weighted by Gasteiger charge is 2.50. The Labute approximate surface area is 162 Å². The fourth-order valence-corrected chi connectivity index (χ4v) is 4.64. The average molecular weight is 387 g/mol. The number of benzene rings is 2. The lowest BCUT2D eigenvalue weighted by Crippen LogP contribution is -2.31. The molecule has 1 saturated carbocycles. The van der Waals surface area contributed by atoms with Crippen LogP contribution < -0.4 is 4.74 Å². The van der Waals surface area contributed by atoms with E-state index in [-0.39, 0.29) is 35.2 Å². The highest BCUT2D eigenvalue weighted by Crippen LogP contribution is 2.49. The van der Waals surface area contributed by atoms with E-state index in [2.05, 4.69) is 11.8 Å². The monoisotopic (exact) mass is 387 g/mol. The number of phenols is 1. The number of nitrogens with zero attached hydrogens (tertiary/aromatic N) is 1. The van der Waals surface area contributed by atoms with E-state index < -0.39 is 11.6 Å². The van der Waals surface area contributed by atoms with Crippen molar-refractivity contribution < 1.29 is 23.4 Å². The molecule has 0 unspecified atom stereocenters. The number of rotatable bonds is 5. The Bertz CT molecular complexity index is 886. The first-order chi connectivity index (χ1) is 13.3. The summed E-state index contributed by atoms with van der Waals surface area (Å²) < 4.78 is 32.6. The van der Waals surface area contributed by atoms with Gasteiger partial charge in [0.2, 0.25) is 0 Å². The normalized spacial score (nSPS) is 27.0. The highest BCUT2D eigenvalue weighted by molar-refractivity contribution is 5.97. The quantitative estimate of drug-likeness (QED) is 0.787. The van der Waals surface area contributed by atoms with Crippen LogP contribution in [0.3, 0.4) is 0 Å². The van der Waals surface area contributed by atoms with Gasteiger partial charge >= 0.3 is 0 Å². The molecule has 0 spiro atoms. The summed E-state index contributed by atoms with van der Waals surface area (Å²) in [6.07, 6.45) is 1.87. The third-order valence-corrected chi connectivity index (χ3v) is 6.04. The Morgan fingerprint density at radius 2 is 2.00 bits per heavy atom. The molecule has 1 aliphatic carbocycles. The second-order valence-electron chi connectivity index (χ2n) is 8.24. The highest BCUT2D eigenvalue weighted by atomic mass is 19.1. The number of halogens is 2. The molecule has 1 heterocycles. The predicted molar refractivity (Wildman–Crippen MR) is 100 cm³/mol. The van der Waals surface area contributed by atoms with Gasteiger partial charge in [-0.2, -0.15) is 0 Å². The van der Waals surface area contributed by atoms with Crippen LogP contribution in [0.1, 0.15) is 30.1 Å². The SMILES string of the molecule is C[C@]12C[C@@H](Oc3ccc(F)cc3)C[C@H]1CN(CC(=O)c1ccc(O)c(F)c1)C2. The van der Waals surface area contributed by atoms with Crippen LogP contribution in [0.15, 0.2) is 42.5 Å².